The van der Waals surface area contributed by atoms with Gasteiger partial charge in [-0.1, -0.05) is 23.2 Å². The minimum Gasteiger partial charge on any atom is -0.454 e. The summed E-state index contributed by atoms with van der Waals surface area (Å²) >= 11 is 12.3. The lowest BCUT2D eigenvalue weighted by molar-refractivity contribution is 0.0749. The van der Waals surface area contributed by atoms with Gasteiger partial charge >= 0.3 is 0 Å². The van der Waals surface area contributed by atoms with E-state index in [0.717, 1.165) is 0 Å². The molecule has 0 aliphatic carbocycles. The number of carbonyl (C=O) groups is 1. The van der Waals surface area contributed by atoms with Crippen molar-refractivity contribution >= 4 is 34.8 Å². The summed E-state index contributed by atoms with van der Waals surface area (Å²) in [5.74, 6) is 0.501. The van der Waals surface area contributed by atoms with E-state index in [1.165, 1.54) is 12.1 Å². The SMILES string of the molecule is [2H]c1c(Oc2c(Cl)cc(N)cc2Cl)ccc2c1CCN(CC)C2=O. The first kappa shape index (κ1) is 14.7. The lowest BCUT2D eigenvalue weighted by Crippen LogP contribution is -2.37. The summed E-state index contributed by atoms with van der Waals surface area (Å²) in [6, 6.07) is 6.54. The largest absolute Gasteiger partial charge is 0.454 e. The van der Waals surface area contributed by atoms with Crippen LogP contribution < -0.4 is 10.5 Å². The lowest BCUT2D eigenvalue weighted by Gasteiger charge is -2.27. The Labute approximate surface area is 146 Å². The summed E-state index contributed by atoms with van der Waals surface area (Å²) in [4.78, 5) is 14.1. The molecule has 0 bridgehead atoms. The van der Waals surface area contributed by atoms with Crippen LogP contribution in [-0.2, 0) is 6.42 Å². The van der Waals surface area contributed by atoms with Gasteiger partial charge in [0, 0.05) is 24.3 Å². The molecule has 2 aromatic rings. The van der Waals surface area contributed by atoms with Crippen LogP contribution in [0, 0.1) is 0 Å². The normalized spacial score (nSPS) is 14.5. The van der Waals surface area contributed by atoms with Gasteiger partial charge in [-0.25, -0.2) is 0 Å². The summed E-state index contributed by atoms with van der Waals surface area (Å²) in [6.07, 6.45) is 0.619. The Morgan fingerprint density at radius 3 is 2.70 bits per heavy atom. The van der Waals surface area contributed by atoms with Gasteiger partial charge in [0.05, 0.1) is 11.4 Å². The molecule has 0 fully saturated rings. The van der Waals surface area contributed by atoms with Gasteiger partial charge in [-0.05, 0) is 49.2 Å². The summed E-state index contributed by atoms with van der Waals surface area (Å²) in [7, 11) is 0. The number of benzene rings is 2. The molecule has 1 aliphatic heterocycles. The van der Waals surface area contributed by atoms with Crippen molar-refractivity contribution in [1.29, 1.82) is 0 Å². The van der Waals surface area contributed by atoms with Gasteiger partial charge in [0.2, 0.25) is 0 Å². The molecule has 1 heterocycles. The van der Waals surface area contributed by atoms with Crippen LogP contribution in [0.4, 0.5) is 5.69 Å². The first-order valence-electron chi connectivity index (χ1n) is 7.76. The highest BCUT2D eigenvalue weighted by molar-refractivity contribution is 6.37. The molecule has 120 valence electrons. The molecule has 0 radical (unpaired) electrons. The molecule has 3 rings (SSSR count). The van der Waals surface area contributed by atoms with E-state index in [0.29, 0.717) is 42.1 Å². The average Bonchev–Trinajstić information content (AvgIpc) is 2.53. The molecular formula is C17H16Cl2N2O2. The number of halogens is 2. The molecule has 0 aromatic heterocycles. The number of hydrogen-bond donors (Lipinski definition) is 1. The number of nitrogens with zero attached hydrogens (tertiary/aromatic N) is 1. The maximum atomic E-state index is 12.4. The lowest BCUT2D eigenvalue weighted by atomic mass is 9.99. The van der Waals surface area contributed by atoms with Gasteiger partial charge in [0.25, 0.3) is 5.91 Å². The Hall–Kier alpha value is -1.91. The van der Waals surface area contributed by atoms with Crippen molar-refractivity contribution in [2.24, 2.45) is 0 Å². The fraction of sp³-hybridized carbons (Fsp3) is 0.235. The van der Waals surface area contributed by atoms with Crippen molar-refractivity contribution in [3.63, 3.8) is 0 Å². The Morgan fingerprint density at radius 1 is 1.35 bits per heavy atom. The molecule has 0 spiro atoms. The van der Waals surface area contributed by atoms with E-state index in [1.807, 2.05) is 6.92 Å². The van der Waals surface area contributed by atoms with Crippen molar-refractivity contribution in [3.05, 3.63) is 51.5 Å². The van der Waals surface area contributed by atoms with Crippen molar-refractivity contribution in [1.82, 2.24) is 4.90 Å². The zero-order chi connectivity index (χ0) is 17.4. The second-order valence-electron chi connectivity index (χ2n) is 5.27. The van der Waals surface area contributed by atoms with Crippen molar-refractivity contribution in [2.45, 2.75) is 13.3 Å². The van der Waals surface area contributed by atoms with Gasteiger partial charge < -0.3 is 15.4 Å². The van der Waals surface area contributed by atoms with Crippen LogP contribution in [0.3, 0.4) is 0 Å². The van der Waals surface area contributed by atoms with Gasteiger partial charge in [-0.2, -0.15) is 0 Å². The van der Waals surface area contributed by atoms with Crippen LogP contribution in [0.5, 0.6) is 11.5 Å². The third-order valence-electron chi connectivity index (χ3n) is 3.76. The van der Waals surface area contributed by atoms with Crippen LogP contribution in [0.15, 0.2) is 30.3 Å². The van der Waals surface area contributed by atoms with Gasteiger partial charge in [-0.15, -0.1) is 0 Å². The van der Waals surface area contributed by atoms with Crippen LogP contribution in [-0.4, -0.2) is 23.9 Å². The predicted octanol–water partition coefficient (Wildman–Crippen LogP) is 4.39. The zero-order valence-electron chi connectivity index (χ0n) is 13.5. The van der Waals surface area contributed by atoms with Gasteiger partial charge in [0.15, 0.2) is 5.75 Å². The Balaban J connectivity index is 1.99. The van der Waals surface area contributed by atoms with Crippen molar-refractivity contribution in [2.75, 3.05) is 18.8 Å². The minimum atomic E-state index is -0.0534. The second kappa shape index (κ2) is 6.30. The molecule has 2 N–H and O–H groups in total. The molecule has 2 aromatic carbocycles. The molecule has 0 unspecified atom stereocenters. The van der Waals surface area contributed by atoms with Gasteiger partial charge in [-0.3, -0.25) is 4.79 Å². The maximum absolute atomic E-state index is 12.4. The number of ether oxygens (including phenoxy) is 1. The van der Waals surface area contributed by atoms with Crippen LogP contribution in [0.2, 0.25) is 10.0 Å². The van der Waals surface area contributed by atoms with Gasteiger partial charge in [0.1, 0.15) is 5.75 Å². The Kier molecular flexibility index (Phi) is 4.02. The number of likely N-dealkylation sites (N-methyl/N-ethyl adjacent to an activating group) is 1. The number of carbonyl (C=O) groups excluding carboxylic acids is 1. The summed E-state index contributed by atoms with van der Waals surface area (Å²) in [5, 5.41) is 0.538. The molecule has 0 saturated carbocycles. The smallest absolute Gasteiger partial charge is 0.254 e. The van der Waals surface area contributed by atoms with E-state index < -0.39 is 0 Å². The number of hydrogen-bond acceptors (Lipinski definition) is 3. The van der Waals surface area contributed by atoms with E-state index in [4.69, 9.17) is 35.0 Å². The number of anilines is 1. The van der Waals surface area contributed by atoms with E-state index >= 15 is 0 Å². The highest BCUT2D eigenvalue weighted by Gasteiger charge is 2.23. The quantitative estimate of drug-likeness (QED) is 0.834. The fourth-order valence-electron chi connectivity index (χ4n) is 2.58. The Morgan fingerprint density at radius 2 is 2.04 bits per heavy atom. The summed E-state index contributed by atoms with van der Waals surface area (Å²) < 4.78 is 14.1. The fourth-order valence-corrected chi connectivity index (χ4v) is 3.16. The summed E-state index contributed by atoms with van der Waals surface area (Å²) in [6.45, 7) is 3.19. The number of fused-ring (bicyclic) bond motifs is 1. The molecule has 0 saturated heterocycles. The molecule has 6 heteroatoms. The van der Waals surface area contributed by atoms with E-state index in [-0.39, 0.29) is 27.7 Å². The maximum Gasteiger partial charge on any atom is 0.254 e. The first-order chi connectivity index (χ1) is 11.4. The van der Waals surface area contributed by atoms with Crippen molar-refractivity contribution in [3.8, 4) is 11.5 Å². The van der Waals surface area contributed by atoms with Crippen LogP contribution >= 0.6 is 23.2 Å². The number of rotatable bonds is 3. The highest BCUT2D eigenvalue weighted by atomic mass is 35.5. The van der Waals surface area contributed by atoms with Crippen molar-refractivity contribution < 1.29 is 10.9 Å². The van der Waals surface area contributed by atoms with E-state index in [9.17, 15) is 4.79 Å². The predicted molar refractivity (Wildman–Crippen MR) is 92.7 cm³/mol. The minimum absolute atomic E-state index is 0.0534. The molecule has 1 amide bonds. The molecule has 23 heavy (non-hydrogen) atoms. The third-order valence-corrected chi connectivity index (χ3v) is 4.33. The monoisotopic (exact) mass is 351 g/mol. The third kappa shape index (κ3) is 3.09. The average molecular weight is 352 g/mol. The molecular weight excluding hydrogens is 335 g/mol. The standard InChI is InChI=1S/C17H16Cl2N2O2/c1-2-21-6-5-10-7-12(3-4-13(10)17(21)22)23-16-14(18)8-11(20)9-15(16)19/h3-4,7-9H,2,5-6,20H2,1H3/i7D. The van der Waals surface area contributed by atoms with Crippen LogP contribution in [0.1, 0.15) is 24.2 Å². The number of amides is 1. The van der Waals surface area contributed by atoms with Crippen LogP contribution in [0.25, 0.3) is 0 Å². The zero-order valence-corrected chi connectivity index (χ0v) is 14.0. The highest BCUT2D eigenvalue weighted by Crippen LogP contribution is 2.38. The topological polar surface area (TPSA) is 55.6 Å². The summed E-state index contributed by atoms with van der Waals surface area (Å²) in [5.41, 5.74) is 7.35. The first-order valence-corrected chi connectivity index (χ1v) is 8.02. The Bertz CT molecular complexity index is 803. The second-order valence-corrected chi connectivity index (χ2v) is 6.08. The molecule has 1 aliphatic rings. The molecule has 4 nitrogen and oxygen atoms in total. The molecule has 0 atom stereocenters. The number of nitrogen functional groups attached to an aromatic ring is 1. The number of nitrogens with two attached hydrogens (primary N) is 1. The van der Waals surface area contributed by atoms with E-state index in [2.05, 4.69) is 0 Å². The van der Waals surface area contributed by atoms with E-state index in [1.54, 1.807) is 17.0 Å².